The molecule has 1 aromatic heterocycles. The van der Waals surface area contributed by atoms with Gasteiger partial charge in [0.05, 0.1) is 5.92 Å². The summed E-state index contributed by atoms with van der Waals surface area (Å²) in [7, 11) is 0. The van der Waals surface area contributed by atoms with Crippen LogP contribution >= 0.6 is 11.3 Å². The lowest BCUT2D eigenvalue weighted by Crippen LogP contribution is -2.04. The summed E-state index contributed by atoms with van der Waals surface area (Å²) in [5, 5.41) is 11.8. The molecular weight excluding hydrogens is 326 g/mol. The maximum absolute atomic E-state index is 10.6. The van der Waals surface area contributed by atoms with Crippen molar-refractivity contribution < 1.29 is 5.11 Å². The van der Waals surface area contributed by atoms with Gasteiger partial charge in [0.25, 0.3) is 0 Å². The lowest BCUT2D eigenvalue weighted by atomic mass is 9.89. The van der Waals surface area contributed by atoms with Gasteiger partial charge in [-0.05, 0) is 11.1 Å². The molecule has 0 bridgehead atoms. The van der Waals surface area contributed by atoms with E-state index in [1.807, 2.05) is 66.7 Å². The molecule has 0 aliphatic heterocycles. The van der Waals surface area contributed by atoms with Crippen LogP contribution in [0.1, 0.15) is 22.7 Å². The third-order valence-corrected chi connectivity index (χ3v) is 5.12. The van der Waals surface area contributed by atoms with E-state index in [-0.39, 0.29) is 11.0 Å². The summed E-state index contributed by atoms with van der Waals surface area (Å²) in [6, 6.07) is 30.4. The summed E-state index contributed by atoms with van der Waals surface area (Å²) in [5.41, 5.74) is 3.97. The summed E-state index contributed by atoms with van der Waals surface area (Å²) in [6.07, 6.45) is 0. The van der Waals surface area contributed by atoms with E-state index in [1.54, 1.807) is 0 Å². The van der Waals surface area contributed by atoms with Crippen LogP contribution in [0.15, 0.2) is 91.0 Å². The zero-order chi connectivity index (χ0) is 17.1. The van der Waals surface area contributed by atoms with E-state index in [9.17, 15) is 5.11 Å². The van der Waals surface area contributed by atoms with Crippen LogP contribution in [0.4, 0.5) is 0 Å². The van der Waals surface area contributed by atoms with Crippen molar-refractivity contribution in [1.29, 1.82) is 0 Å². The van der Waals surface area contributed by atoms with Gasteiger partial charge in [-0.15, -0.1) is 0 Å². The van der Waals surface area contributed by atoms with Gasteiger partial charge in [0, 0.05) is 5.56 Å². The molecule has 1 N–H and O–H groups in total. The molecule has 0 aliphatic rings. The van der Waals surface area contributed by atoms with Crippen molar-refractivity contribution in [2.75, 3.05) is 0 Å². The molecule has 0 fully saturated rings. The molecule has 122 valence electrons. The lowest BCUT2D eigenvalue weighted by Gasteiger charge is -2.16. The van der Waals surface area contributed by atoms with Crippen LogP contribution in [0.5, 0.6) is 5.06 Å². The number of hydrogen-bond acceptors (Lipinski definition) is 3. The average molecular weight is 343 g/mol. The second-order valence-corrected chi connectivity index (χ2v) is 6.81. The third kappa shape index (κ3) is 3.19. The molecule has 0 saturated heterocycles. The Morgan fingerprint density at radius 1 is 0.680 bits per heavy atom. The second-order valence-electron chi connectivity index (χ2n) is 5.83. The first-order chi connectivity index (χ1) is 12.3. The van der Waals surface area contributed by atoms with E-state index in [1.165, 1.54) is 11.3 Å². The summed E-state index contributed by atoms with van der Waals surface area (Å²) in [4.78, 5) is 4.80. The molecule has 0 amide bonds. The molecule has 3 aromatic carbocycles. The van der Waals surface area contributed by atoms with Gasteiger partial charge in [-0.2, -0.15) is 0 Å². The number of thiazole rings is 1. The standard InChI is InChI=1S/C22H17NOS/c24-22-20(23-21(25-22)18-14-8-3-9-15-18)19(16-10-4-1-5-11-16)17-12-6-2-7-13-17/h1-15,19,24H. The Morgan fingerprint density at radius 2 is 1.16 bits per heavy atom. The van der Waals surface area contributed by atoms with E-state index in [4.69, 9.17) is 4.98 Å². The van der Waals surface area contributed by atoms with Crippen molar-refractivity contribution >= 4 is 11.3 Å². The zero-order valence-electron chi connectivity index (χ0n) is 13.5. The van der Waals surface area contributed by atoms with Gasteiger partial charge in [-0.1, -0.05) is 102 Å². The minimum absolute atomic E-state index is 0.0869. The predicted molar refractivity (Wildman–Crippen MR) is 103 cm³/mol. The molecule has 3 heteroatoms. The van der Waals surface area contributed by atoms with Gasteiger partial charge < -0.3 is 5.11 Å². The Hall–Kier alpha value is -2.91. The molecule has 0 atom stereocenters. The average Bonchev–Trinajstić information content (AvgIpc) is 3.06. The van der Waals surface area contributed by atoms with Crippen LogP contribution in [-0.4, -0.2) is 10.1 Å². The normalized spacial score (nSPS) is 10.9. The summed E-state index contributed by atoms with van der Waals surface area (Å²) in [6.45, 7) is 0. The SMILES string of the molecule is Oc1sc(-c2ccccc2)nc1C(c1ccccc1)c1ccccc1. The number of aromatic nitrogens is 1. The van der Waals surface area contributed by atoms with E-state index in [0.29, 0.717) is 5.69 Å². The Morgan fingerprint density at radius 3 is 1.68 bits per heavy atom. The van der Waals surface area contributed by atoms with Crippen LogP contribution in [0.2, 0.25) is 0 Å². The largest absolute Gasteiger partial charge is 0.498 e. The number of rotatable bonds is 4. The van der Waals surface area contributed by atoms with Crippen LogP contribution in [0.3, 0.4) is 0 Å². The molecular formula is C22H17NOS. The van der Waals surface area contributed by atoms with Crippen molar-refractivity contribution in [3.05, 3.63) is 108 Å². The molecule has 0 aliphatic carbocycles. The smallest absolute Gasteiger partial charge is 0.196 e. The molecule has 0 saturated carbocycles. The highest BCUT2D eigenvalue weighted by molar-refractivity contribution is 7.16. The third-order valence-electron chi connectivity index (χ3n) is 4.19. The maximum atomic E-state index is 10.6. The van der Waals surface area contributed by atoms with Crippen molar-refractivity contribution in [2.45, 2.75) is 5.92 Å². The first-order valence-corrected chi connectivity index (χ1v) is 8.99. The quantitative estimate of drug-likeness (QED) is 0.516. The molecule has 25 heavy (non-hydrogen) atoms. The summed E-state index contributed by atoms with van der Waals surface area (Å²) < 4.78 is 0. The van der Waals surface area contributed by atoms with Gasteiger partial charge >= 0.3 is 0 Å². The molecule has 0 unspecified atom stereocenters. The summed E-state index contributed by atoms with van der Waals surface area (Å²) in [5.74, 6) is -0.0869. The van der Waals surface area contributed by atoms with Crippen molar-refractivity contribution in [2.24, 2.45) is 0 Å². The Bertz CT molecular complexity index is 910. The minimum atomic E-state index is -0.0869. The van der Waals surface area contributed by atoms with Crippen molar-refractivity contribution in [3.63, 3.8) is 0 Å². The fourth-order valence-corrected chi connectivity index (χ4v) is 3.86. The van der Waals surface area contributed by atoms with Crippen LogP contribution in [0, 0.1) is 0 Å². The topological polar surface area (TPSA) is 33.1 Å². The van der Waals surface area contributed by atoms with Crippen LogP contribution < -0.4 is 0 Å². The van der Waals surface area contributed by atoms with Gasteiger partial charge in [-0.3, -0.25) is 0 Å². The van der Waals surface area contributed by atoms with Gasteiger partial charge in [0.15, 0.2) is 5.06 Å². The molecule has 1 heterocycles. The molecule has 4 rings (SSSR count). The Balaban J connectivity index is 1.85. The molecule has 0 spiro atoms. The lowest BCUT2D eigenvalue weighted by molar-refractivity contribution is 0.480. The Kier molecular flexibility index (Phi) is 4.32. The number of hydrogen-bond donors (Lipinski definition) is 1. The van der Waals surface area contributed by atoms with E-state index in [2.05, 4.69) is 24.3 Å². The first kappa shape index (κ1) is 15.6. The Labute approximate surface area is 151 Å². The zero-order valence-corrected chi connectivity index (χ0v) is 14.4. The number of benzene rings is 3. The monoisotopic (exact) mass is 343 g/mol. The van der Waals surface area contributed by atoms with Crippen LogP contribution in [-0.2, 0) is 0 Å². The second kappa shape index (κ2) is 6.91. The summed E-state index contributed by atoms with van der Waals surface area (Å²) >= 11 is 1.33. The van der Waals surface area contributed by atoms with Crippen LogP contribution in [0.25, 0.3) is 10.6 Å². The van der Waals surface area contributed by atoms with E-state index in [0.717, 1.165) is 21.7 Å². The number of aromatic hydroxyl groups is 1. The van der Waals surface area contributed by atoms with Gasteiger partial charge in [-0.25, -0.2) is 4.98 Å². The van der Waals surface area contributed by atoms with Gasteiger partial charge in [0.2, 0.25) is 0 Å². The maximum Gasteiger partial charge on any atom is 0.196 e. The van der Waals surface area contributed by atoms with E-state index >= 15 is 0 Å². The number of nitrogens with zero attached hydrogens (tertiary/aromatic N) is 1. The van der Waals surface area contributed by atoms with E-state index < -0.39 is 0 Å². The highest BCUT2D eigenvalue weighted by atomic mass is 32.1. The van der Waals surface area contributed by atoms with Gasteiger partial charge in [0.1, 0.15) is 10.7 Å². The van der Waals surface area contributed by atoms with Crippen molar-refractivity contribution in [3.8, 4) is 15.6 Å². The molecule has 2 nitrogen and oxygen atoms in total. The molecule has 4 aromatic rings. The predicted octanol–water partition coefficient (Wildman–Crippen LogP) is 5.70. The minimum Gasteiger partial charge on any atom is -0.498 e. The first-order valence-electron chi connectivity index (χ1n) is 8.18. The fourth-order valence-electron chi connectivity index (χ4n) is 3.02. The molecule has 0 radical (unpaired) electrons. The fraction of sp³-hybridized carbons (Fsp3) is 0.0455. The highest BCUT2D eigenvalue weighted by Gasteiger charge is 2.24. The highest BCUT2D eigenvalue weighted by Crippen LogP contribution is 2.41. The van der Waals surface area contributed by atoms with Crippen molar-refractivity contribution in [1.82, 2.24) is 4.98 Å².